The monoisotopic (exact) mass is 354 g/mol. The molecule has 2 atom stereocenters. The van der Waals surface area contributed by atoms with Crippen molar-refractivity contribution in [1.82, 2.24) is 10.6 Å². The first kappa shape index (κ1) is 17.0. The zero-order valence-corrected chi connectivity index (χ0v) is 14.6. The number of nitrogens with one attached hydrogen (secondary N) is 2. The molecular weight excluding hydrogens is 331 g/mol. The molecule has 0 aliphatic carbocycles. The van der Waals surface area contributed by atoms with Crippen molar-refractivity contribution >= 4 is 5.91 Å². The van der Waals surface area contributed by atoms with E-state index >= 15 is 0 Å². The van der Waals surface area contributed by atoms with E-state index in [-0.39, 0.29) is 24.4 Å². The van der Waals surface area contributed by atoms with Crippen LogP contribution in [0.5, 0.6) is 5.75 Å². The summed E-state index contributed by atoms with van der Waals surface area (Å²) in [4.78, 5) is 12.2. The molecule has 0 bridgehead atoms. The van der Waals surface area contributed by atoms with Gasteiger partial charge in [0.05, 0.1) is 5.54 Å². The van der Waals surface area contributed by atoms with Crippen molar-refractivity contribution < 1.29 is 13.9 Å². The molecule has 0 unspecified atom stereocenters. The summed E-state index contributed by atoms with van der Waals surface area (Å²) in [5.74, 6) is 0.587. The van der Waals surface area contributed by atoms with Crippen LogP contribution in [0.15, 0.2) is 48.5 Å². The van der Waals surface area contributed by atoms with Crippen molar-refractivity contribution in [1.29, 1.82) is 0 Å². The number of halogens is 1. The Labute approximate surface area is 152 Å². The highest BCUT2D eigenvalue weighted by atomic mass is 19.1. The van der Waals surface area contributed by atoms with Gasteiger partial charge in [0.25, 0.3) is 0 Å². The van der Waals surface area contributed by atoms with E-state index < -0.39 is 5.54 Å². The second-order valence-corrected chi connectivity index (χ2v) is 7.13. The highest BCUT2D eigenvalue weighted by Crippen LogP contribution is 2.35. The molecule has 0 aromatic heterocycles. The molecule has 2 heterocycles. The molecule has 2 aromatic carbocycles. The van der Waals surface area contributed by atoms with Gasteiger partial charge in [-0.1, -0.05) is 30.3 Å². The van der Waals surface area contributed by atoms with Crippen LogP contribution in [-0.2, 0) is 11.4 Å². The fraction of sp³-hybridized carbons (Fsp3) is 0.381. The summed E-state index contributed by atoms with van der Waals surface area (Å²) in [7, 11) is 0. The lowest BCUT2D eigenvalue weighted by Gasteiger charge is -2.37. The summed E-state index contributed by atoms with van der Waals surface area (Å²) < 4.78 is 19.4. The standard InChI is InChI=1S/C21H23FN2O2/c22-18-5-2-1-4-16(18)14-26-17-9-7-15(8-10-17)19-6-3-11-21(24-19)12-13-23-20(21)25/h1-2,4-5,7-10,19,24H,3,6,11-14H2,(H,23,25)/t19-,21-/m1/s1. The molecular formula is C21H23FN2O2. The summed E-state index contributed by atoms with van der Waals surface area (Å²) in [6.07, 6.45) is 3.81. The van der Waals surface area contributed by atoms with Gasteiger partial charge in [-0.3, -0.25) is 10.1 Å². The molecule has 4 rings (SSSR count). The van der Waals surface area contributed by atoms with E-state index in [2.05, 4.69) is 10.6 Å². The Bertz CT molecular complexity index is 793. The minimum absolute atomic E-state index is 0.132. The van der Waals surface area contributed by atoms with Crippen LogP contribution in [0.4, 0.5) is 4.39 Å². The van der Waals surface area contributed by atoms with Crippen molar-refractivity contribution in [2.24, 2.45) is 0 Å². The van der Waals surface area contributed by atoms with Crippen molar-refractivity contribution in [3.8, 4) is 5.75 Å². The highest BCUT2D eigenvalue weighted by molar-refractivity contribution is 5.88. The SMILES string of the molecule is O=C1NCC[C@]12CCC[C@H](c1ccc(OCc3ccccc3F)cc1)N2. The van der Waals surface area contributed by atoms with Crippen molar-refractivity contribution in [2.45, 2.75) is 43.9 Å². The van der Waals surface area contributed by atoms with Crippen LogP contribution in [0, 0.1) is 5.82 Å². The molecule has 2 saturated heterocycles. The van der Waals surface area contributed by atoms with E-state index in [1.54, 1.807) is 18.2 Å². The largest absolute Gasteiger partial charge is 0.489 e. The predicted octanol–water partition coefficient (Wildman–Crippen LogP) is 3.48. The molecule has 2 aromatic rings. The maximum absolute atomic E-state index is 13.7. The molecule has 4 nitrogen and oxygen atoms in total. The Kier molecular flexibility index (Phi) is 4.64. The van der Waals surface area contributed by atoms with Crippen LogP contribution < -0.4 is 15.4 Å². The summed E-state index contributed by atoms with van der Waals surface area (Å²) in [6.45, 7) is 0.957. The van der Waals surface area contributed by atoms with Gasteiger partial charge >= 0.3 is 0 Å². The Hall–Kier alpha value is -2.40. The number of amides is 1. The van der Waals surface area contributed by atoms with Crippen LogP contribution in [-0.4, -0.2) is 18.0 Å². The summed E-state index contributed by atoms with van der Waals surface area (Å²) in [5, 5.41) is 6.52. The van der Waals surface area contributed by atoms with Gasteiger partial charge in [0.15, 0.2) is 0 Å². The van der Waals surface area contributed by atoms with Gasteiger partial charge in [0.2, 0.25) is 5.91 Å². The first-order chi connectivity index (χ1) is 12.7. The average molecular weight is 354 g/mol. The van der Waals surface area contributed by atoms with Gasteiger partial charge in [-0.25, -0.2) is 4.39 Å². The number of ether oxygens (including phenoxy) is 1. The molecule has 26 heavy (non-hydrogen) atoms. The van der Waals surface area contributed by atoms with E-state index in [9.17, 15) is 9.18 Å². The number of hydrogen-bond donors (Lipinski definition) is 2. The molecule has 1 amide bonds. The van der Waals surface area contributed by atoms with E-state index in [0.717, 1.165) is 37.8 Å². The molecule has 136 valence electrons. The van der Waals surface area contributed by atoms with Gasteiger partial charge < -0.3 is 10.1 Å². The molecule has 2 fully saturated rings. The fourth-order valence-corrected chi connectivity index (χ4v) is 3.96. The maximum atomic E-state index is 13.7. The second-order valence-electron chi connectivity index (χ2n) is 7.13. The van der Waals surface area contributed by atoms with Gasteiger partial charge in [-0.15, -0.1) is 0 Å². The lowest BCUT2D eigenvalue weighted by molar-refractivity contribution is -0.126. The zero-order valence-electron chi connectivity index (χ0n) is 14.6. The van der Waals surface area contributed by atoms with Crippen molar-refractivity contribution in [3.05, 3.63) is 65.5 Å². The van der Waals surface area contributed by atoms with Crippen LogP contribution in [0.2, 0.25) is 0 Å². The summed E-state index contributed by atoms with van der Waals surface area (Å²) in [6, 6.07) is 14.7. The smallest absolute Gasteiger partial charge is 0.240 e. The minimum atomic E-state index is -0.400. The van der Waals surface area contributed by atoms with Gasteiger partial charge in [0.1, 0.15) is 18.2 Å². The Balaban J connectivity index is 1.41. The number of rotatable bonds is 4. The van der Waals surface area contributed by atoms with E-state index in [0.29, 0.717) is 11.3 Å². The number of piperidine rings is 1. The van der Waals surface area contributed by atoms with E-state index in [4.69, 9.17) is 4.74 Å². The molecule has 5 heteroatoms. The first-order valence-electron chi connectivity index (χ1n) is 9.18. The zero-order chi connectivity index (χ0) is 18.0. The molecule has 2 N–H and O–H groups in total. The highest BCUT2D eigenvalue weighted by Gasteiger charge is 2.45. The molecule has 2 aliphatic rings. The fourth-order valence-electron chi connectivity index (χ4n) is 3.96. The number of carbonyl (C=O) groups excluding carboxylic acids is 1. The van der Waals surface area contributed by atoms with Gasteiger partial charge in [-0.05, 0) is 49.4 Å². The number of hydrogen-bond acceptors (Lipinski definition) is 3. The summed E-state index contributed by atoms with van der Waals surface area (Å²) in [5.41, 5.74) is 1.30. The Morgan fingerprint density at radius 2 is 1.92 bits per heavy atom. The Morgan fingerprint density at radius 3 is 2.65 bits per heavy atom. The van der Waals surface area contributed by atoms with Crippen LogP contribution in [0.1, 0.15) is 42.9 Å². The number of carbonyl (C=O) groups is 1. The predicted molar refractivity (Wildman–Crippen MR) is 97.3 cm³/mol. The lowest BCUT2D eigenvalue weighted by Crippen LogP contribution is -2.54. The quantitative estimate of drug-likeness (QED) is 0.884. The maximum Gasteiger partial charge on any atom is 0.240 e. The van der Waals surface area contributed by atoms with Crippen molar-refractivity contribution in [2.75, 3.05) is 6.54 Å². The molecule has 2 aliphatic heterocycles. The van der Waals surface area contributed by atoms with Crippen LogP contribution in [0.25, 0.3) is 0 Å². The summed E-state index contributed by atoms with van der Waals surface area (Å²) >= 11 is 0. The topological polar surface area (TPSA) is 50.4 Å². The van der Waals surface area contributed by atoms with Crippen molar-refractivity contribution in [3.63, 3.8) is 0 Å². The Morgan fingerprint density at radius 1 is 1.12 bits per heavy atom. The van der Waals surface area contributed by atoms with Gasteiger partial charge in [-0.2, -0.15) is 0 Å². The van der Waals surface area contributed by atoms with Crippen LogP contribution >= 0.6 is 0 Å². The van der Waals surface area contributed by atoms with Gasteiger partial charge in [0, 0.05) is 18.2 Å². The van der Waals surface area contributed by atoms with Crippen LogP contribution in [0.3, 0.4) is 0 Å². The number of benzene rings is 2. The van der Waals surface area contributed by atoms with E-state index in [1.807, 2.05) is 24.3 Å². The first-order valence-corrected chi connectivity index (χ1v) is 9.18. The average Bonchev–Trinajstić information content (AvgIpc) is 3.01. The van der Waals surface area contributed by atoms with E-state index in [1.165, 1.54) is 6.07 Å². The third kappa shape index (κ3) is 3.31. The molecule has 0 radical (unpaired) electrons. The normalized spacial score (nSPS) is 25.3. The minimum Gasteiger partial charge on any atom is -0.489 e. The molecule has 0 saturated carbocycles. The third-order valence-corrected chi connectivity index (χ3v) is 5.45. The molecule has 1 spiro atoms. The lowest BCUT2D eigenvalue weighted by atomic mass is 9.82. The third-order valence-electron chi connectivity index (χ3n) is 5.45. The second kappa shape index (κ2) is 7.08.